The fourth-order valence-electron chi connectivity index (χ4n) is 2.06. The number of nitrogen functional groups attached to an aromatic ring is 1. The van der Waals surface area contributed by atoms with E-state index in [0.29, 0.717) is 11.4 Å². The lowest BCUT2D eigenvalue weighted by Crippen LogP contribution is -2.21. The lowest BCUT2D eigenvalue weighted by atomic mass is 9.75. The molecule has 0 atom stereocenters. The monoisotopic (exact) mass is 262 g/mol. The average Bonchev–Trinajstić information content (AvgIpc) is 2.37. The second-order valence-corrected chi connectivity index (χ2v) is 6.53. The predicted molar refractivity (Wildman–Crippen MR) is 82.9 cm³/mol. The maximum Gasteiger partial charge on any atom is 0.134 e. The summed E-state index contributed by atoms with van der Waals surface area (Å²) in [6.07, 6.45) is 1.96. The minimum atomic E-state index is -0.100. The zero-order chi connectivity index (χ0) is 14.8. The summed E-state index contributed by atoms with van der Waals surface area (Å²) in [5, 5.41) is 3.16. The van der Waals surface area contributed by atoms with Crippen LogP contribution in [0.1, 0.15) is 65.5 Å². The van der Waals surface area contributed by atoms with Crippen molar-refractivity contribution in [1.82, 2.24) is 0 Å². The predicted octanol–water partition coefficient (Wildman–Crippen LogP) is 5.04. The molecule has 0 aromatic heterocycles. The van der Waals surface area contributed by atoms with Gasteiger partial charge in [-0.1, -0.05) is 47.6 Å². The van der Waals surface area contributed by atoms with Crippen LogP contribution in [0.25, 0.3) is 0 Å². The standard InChI is InChI=1S/C16H26N2O/c1-7-15(3,4)11-9-12(16(5,6)8-2)14(18-19)13(17)10-11/h9-10H,7-8,17H2,1-6H3. The van der Waals surface area contributed by atoms with Crippen molar-refractivity contribution in [3.05, 3.63) is 28.2 Å². The topological polar surface area (TPSA) is 55.4 Å². The van der Waals surface area contributed by atoms with Gasteiger partial charge >= 0.3 is 0 Å². The Hall–Kier alpha value is -1.38. The van der Waals surface area contributed by atoms with Crippen molar-refractivity contribution in [3.63, 3.8) is 0 Å². The molecule has 0 saturated heterocycles. The highest BCUT2D eigenvalue weighted by Crippen LogP contribution is 2.41. The van der Waals surface area contributed by atoms with E-state index in [1.54, 1.807) is 0 Å². The minimum absolute atomic E-state index is 0.0497. The van der Waals surface area contributed by atoms with E-state index in [0.717, 1.165) is 18.4 Å². The number of anilines is 1. The Morgan fingerprint density at radius 1 is 1.05 bits per heavy atom. The summed E-state index contributed by atoms with van der Waals surface area (Å²) < 4.78 is 0. The molecule has 1 rings (SSSR count). The summed E-state index contributed by atoms with van der Waals surface area (Å²) in [6.45, 7) is 12.9. The van der Waals surface area contributed by atoms with Gasteiger partial charge in [-0.2, -0.15) is 0 Å². The Bertz CT molecular complexity index is 476. The molecule has 0 heterocycles. The average molecular weight is 262 g/mol. The van der Waals surface area contributed by atoms with E-state index in [-0.39, 0.29) is 10.8 Å². The summed E-state index contributed by atoms with van der Waals surface area (Å²) in [5.41, 5.74) is 9.02. The fraction of sp³-hybridized carbons (Fsp3) is 0.625. The summed E-state index contributed by atoms with van der Waals surface area (Å²) in [5.74, 6) is 0. The quantitative estimate of drug-likeness (QED) is 0.597. The van der Waals surface area contributed by atoms with Crippen molar-refractivity contribution >= 4 is 11.4 Å². The van der Waals surface area contributed by atoms with Crippen LogP contribution in [0.4, 0.5) is 11.4 Å². The van der Waals surface area contributed by atoms with Crippen molar-refractivity contribution in [2.45, 2.75) is 65.2 Å². The highest BCUT2D eigenvalue weighted by atomic mass is 16.3. The van der Waals surface area contributed by atoms with Crippen molar-refractivity contribution in [2.75, 3.05) is 5.73 Å². The maximum absolute atomic E-state index is 11.1. The number of nitrogens with two attached hydrogens (primary N) is 1. The summed E-state index contributed by atoms with van der Waals surface area (Å²) in [6, 6.07) is 4.01. The molecule has 0 aliphatic rings. The molecule has 0 radical (unpaired) electrons. The highest BCUT2D eigenvalue weighted by molar-refractivity contribution is 5.70. The zero-order valence-corrected chi connectivity index (χ0v) is 13.0. The summed E-state index contributed by atoms with van der Waals surface area (Å²) >= 11 is 0. The van der Waals surface area contributed by atoms with E-state index in [9.17, 15) is 4.91 Å². The van der Waals surface area contributed by atoms with E-state index in [1.165, 1.54) is 5.56 Å². The molecule has 0 bridgehead atoms. The molecule has 3 heteroatoms. The first-order chi connectivity index (χ1) is 8.69. The van der Waals surface area contributed by atoms with Gasteiger partial charge in [-0.15, -0.1) is 4.91 Å². The highest BCUT2D eigenvalue weighted by Gasteiger charge is 2.28. The van der Waals surface area contributed by atoms with Crippen LogP contribution in [0.2, 0.25) is 0 Å². The molecule has 0 unspecified atom stereocenters. The molecule has 0 aliphatic carbocycles. The molecular formula is C16H26N2O. The largest absolute Gasteiger partial charge is 0.397 e. The van der Waals surface area contributed by atoms with Gasteiger partial charge in [0, 0.05) is 0 Å². The van der Waals surface area contributed by atoms with Gasteiger partial charge in [0.25, 0.3) is 0 Å². The molecule has 0 saturated carbocycles. The Labute approximate surface area is 116 Å². The van der Waals surface area contributed by atoms with E-state index < -0.39 is 0 Å². The number of hydrogen-bond donors (Lipinski definition) is 1. The smallest absolute Gasteiger partial charge is 0.134 e. The Balaban J connectivity index is 3.56. The number of nitroso groups, excluding NO2 is 1. The van der Waals surface area contributed by atoms with Crippen molar-refractivity contribution in [3.8, 4) is 0 Å². The molecule has 0 spiro atoms. The first-order valence-electron chi connectivity index (χ1n) is 6.97. The first kappa shape index (κ1) is 15.7. The fourth-order valence-corrected chi connectivity index (χ4v) is 2.06. The van der Waals surface area contributed by atoms with Crippen molar-refractivity contribution in [1.29, 1.82) is 0 Å². The third-order valence-corrected chi connectivity index (χ3v) is 4.51. The van der Waals surface area contributed by atoms with Gasteiger partial charge in [0.15, 0.2) is 0 Å². The zero-order valence-electron chi connectivity index (χ0n) is 13.0. The molecule has 1 aromatic carbocycles. The van der Waals surface area contributed by atoms with E-state index >= 15 is 0 Å². The molecule has 0 fully saturated rings. The van der Waals surface area contributed by atoms with Crippen LogP contribution in [0.3, 0.4) is 0 Å². The van der Waals surface area contributed by atoms with E-state index in [4.69, 9.17) is 5.73 Å². The maximum atomic E-state index is 11.1. The number of rotatable bonds is 5. The van der Waals surface area contributed by atoms with Crippen LogP contribution >= 0.6 is 0 Å². The van der Waals surface area contributed by atoms with Gasteiger partial charge in [0.05, 0.1) is 5.69 Å². The number of benzene rings is 1. The lowest BCUT2D eigenvalue weighted by Gasteiger charge is -2.30. The normalized spacial score (nSPS) is 12.5. The summed E-state index contributed by atoms with van der Waals surface area (Å²) in [7, 11) is 0. The van der Waals surface area contributed by atoms with Gasteiger partial charge in [-0.05, 0) is 46.0 Å². The van der Waals surface area contributed by atoms with Crippen molar-refractivity contribution in [2.24, 2.45) is 5.18 Å². The first-order valence-corrected chi connectivity index (χ1v) is 6.97. The van der Waals surface area contributed by atoms with Crippen LogP contribution in [-0.4, -0.2) is 0 Å². The molecule has 3 nitrogen and oxygen atoms in total. The Morgan fingerprint density at radius 3 is 2.00 bits per heavy atom. The van der Waals surface area contributed by atoms with E-state index in [1.807, 2.05) is 6.07 Å². The van der Waals surface area contributed by atoms with Gasteiger partial charge in [-0.25, -0.2) is 0 Å². The number of hydrogen-bond acceptors (Lipinski definition) is 3. The molecule has 1 aromatic rings. The lowest BCUT2D eigenvalue weighted by molar-refractivity contribution is 0.490. The van der Waals surface area contributed by atoms with Crippen LogP contribution in [0.5, 0.6) is 0 Å². The third-order valence-electron chi connectivity index (χ3n) is 4.51. The van der Waals surface area contributed by atoms with Crippen LogP contribution in [0.15, 0.2) is 17.3 Å². The molecule has 106 valence electrons. The molecular weight excluding hydrogens is 236 g/mol. The van der Waals surface area contributed by atoms with Gasteiger partial charge in [-0.3, -0.25) is 0 Å². The molecule has 2 N–H and O–H groups in total. The van der Waals surface area contributed by atoms with Crippen molar-refractivity contribution < 1.29 is 0 Å². The summed E-state index contributed by atoms with van der Waals surface area (Å²) in [4.78, 5) is 11.1. The molecule has 0 aliphatic heterocycles. The van der Waals surface area contributed by atoms with Crippen LogP contribution in [-0.2, 0) is 10.8 Å². The second-order valence-electron chi connectivity index (χ2n) is 6.53. The Morgan fingerprint density at radius 2 is 1.58 bits per heavy atom. The van der Waals surface area contributed by atoms with Crippen LogP contribution in [0, 0.1) is 4.91 Å². The molecule has 19 heavy (non-hydrogen) atoms. The van der Waals surface area contributed by atoms with Crippen LogP contribution < -0.4 is 5.73 Å². The molecule has 0 amide bonds. The second kappa shape index (κ2) is 5.32. The minimum Gasteiger partial charge on any atom is -0.397 e. The Kier molecular flexibility index (Phi) is 4.39. The third kappa shape index (κ3) is 2.96. The van der Waals surface area contributed by atoms with E-state index in [2.05, 4.69) is 52.8 Å². The van der Waals surface area contributed by atoms with Gasteiger partial charge in [0.1, 0.15) is 5.69 Å². The number of nitrogens with zero attached hydrogens (tertiary/aromatic N) is 1. The van der Waals surface area contributed by atoms with Gasteiger partial charge in [0.2, 0.25) is 0 Å². The SMILES string of the molecule is CCC(C)(C)c1cc(N)c(N=O)c(C(C)(C)CC)c1. The van der Waals surface area contributed by atoms with Gasteiger partial charge < -0.3 is 5.73 Å².